The van der Waals surface area contributed by atoms with E-state index >= 15 is 0 Å². The topological polar surface area (TPSA) is 71.1 Å². The van der Waals surface area contributed by atoms with Gasteiger partial charge < -0.3 is 14.4 Å². The maximum Gasteiger partial charge on any atom is 0.415 e. The number of hydrogen-bond donors (Lipinski definition) is 1. The minimum Gasteiger partial charge on any atom is -0.431 e. The SMILES string of the molecule is CC(=O)NC#CC1CN(c2ccc(N3CCOCC3)c(F)c2)C(=O)O1. The number of cyclic esters (lactones) is 1. The van der Waals surface area contributed by atoms with Crippen LogP contribution in [0.15, 0.2) is 18.2 Å². The summed E-state index contributed by atoms with van der Waals surface area (Å²) in [5.74, 6) is 1.94. The first-order valence-electron chi connectivity index (χ1n) is 7.92. The summed E-state index contributed by atoms with van der Waals surface area (Å²) in [6.45, 7) is 3.89. The Morgan fingerprint density at radius 3 is 2.80 bits per heavy atom. The van der Waals surface area contributed by atoms with E-state index in [-0.39, 0.29) is 12.5 Å². The molecule has 0 radical (unpaired) electrons. The maximum atomic E-state index is 14.5. The number of halogens is 1. The number of benzene rings is 1. The summed E-state index contributed by atoms with van der Waals surface area (Å²) < 4.78 is 24.8. The molecule has 0 aliphatic carbocycles. The average Bonchev–Trinajstić information content (AvgIpc) is 2.96. The van der Waals surface area contributed by atoms with Crippen molar-refractivity contribution in [2.24, 2.45) is 0 Å². The second kappa shape index (κ2) is 7.40. The van der Waals surface area contributed by atoms with Crippen LogP contribution >= 0.6 is 0 Å². The Hall–Kier alpha value is -2.79. The molecule has 7 nitrogen and oxygen atoms in total. The summed E-state index contributed by atoms with van der Waals surface area (Å²) in [6.07, 6.45) is -1.28. The first-order valence-corrected chi connectivity index (χ1v) is 7.92. The molecule has 1 atom stereocenters. The number of rotatable bonds is 2. The molecule has 2 aliphatic heterocycles. The van der Waals surface area contributed by atoms with E-state index in [0.29, 0.717) is 37.7 Å². The molecule has 2 amide bonds. The van der Waals surface area contributed by atoms with Crippen LogP contribution < -0.4 is 15.1 Å². The van der Waals surface area contributed by atoms with Crippen LogP contribution in [0.5, 0.6) is 0 Å². The first kappa shape index (κ1) is 17.0. The van der Waals surface area contributed by atoms with Gasteiger partial charge in [-0.2, -0.15) is 0 Å². The lowest BCUT2D eigenvalue weighted by Crippen LogP contribution is -2.36. The van der Waals surface area contributed by atoms with Gasteiger partial charge in [0, 0.05) is 26.1 Å². The largest absolute Gasteiger partial charge is 0.431 e. The maximum absolute atomic E-state index is 14.5. The number of ether oxygens (including phenoxy) is 2. The van der Waals surface area contributed by atoms with Crippen LogP contribution in [0, 0.1) is 17.8 Å². The number of nitrogens with zero attached hydrogens (tertiary/aromatic N) is 2. The number of hydrogen-bond acceptors (Lipinski definition) is 5. The van der Waals surface area contributed by atoms with E-state index in [1.807, 2.05) is 4.90 Å². The third kappa shape index (κ3) is 4.00. The number of carbonyl (C=O) groups is 2. The molecule has 25 heavy (non-hydrogen) atoms. The van der Waals surface area contributed by atoms with E-state index in [0.717, 1.165) is 0 Å². The molecule has 2 heterocycles. The van der Waals surface area contributed by atoms with E-state index in [4.69, 9.17) is 9.47 Å². The highest BCUT2D eigenvalue weighted by Gasteiger charge is 2.32. The molecule has 2 saturated heterocycles. The summed E-state index contributed by atoms with van der Waals surface area (Å²) in [6, 6.07) is 7.08. The zero-order valence-electron chi connectivity index (χ0n) is 13.8. The normalized spacial score (nSPS) is 19.9. The van der Waals surface area contributed by atoms with Gasteiger partial charge in [-0.05, 0) is 24.1 Å². The molecule has 0 spiro atoms. The van der Waals surface area contributed by atoms with Gasteiger partial charge in [-0.15, -0.1) is 0 Å². The van der Waals surface area contributed by atoms with E-state index in [2.05, 4.69) is 17.3 Å². The van der Waals surface area contributed by atoms with E-state index < -0.39 is 18.0 Å². The highest BCUT2D eigenvalue weighted by atomic mass is 19.1. The average molecular weight is 347 g/mol. The van der Waals surface area contributed by atoms with Crippen LogP contribution in [-0.4, -0.2) is 51.0 Å². The summed E-state index contributed by atoms with van der Waals surface area (Å²) in [4.78, 5) is 26.0. The lowest BCUT2D eigenvalue weighted by molar-refractivity contribution is -0.117. The van der Waals surface area contributed by atoms with Gasteiger partial charge in [-0.3, -0.25) is 15.0 Å². The summed E-state index contributed by atoms with van der Waals surface area (Å²) >= 11 is 0. The monoisotopic (exact) mass is 347 g/mol. The molecule has 2 fully saturated rings. The van der Waals surface area contributed by atoms with Gasteiger partial charge in [0.1, 0.15) is 5.82 Å². The number of morpholine rings is 1. The first-order chi connectivity index (χ1) is 12.0. The Morgan fingerprint density at radius 2 is 2.12 bits per heavy atom. The molecule has 8 heteroatoms. The van der Waals surface area contributed by atoms with Gasteiger partial charge in [0.25, 0.3) is 0 Å². The van der Waals surface area contributed by atoms with E-state index in [1.54, 1.807) is 12.1 Å². The smallest absolute Gasteiger partial charge is 0.415 e. The molecule has 0 aromatic heterocycles. The summed E-state index contributed by atoms with van der Waals surface area (Å²) in [5, 5.41) is 2.31. The third-order valence-corrected chi connectivity index (χ3v) is 3.88. The van der Waals surface area contributed by atoms with Crippen LogP contribution in [0.4, 0.5) is 20.6 Å². The summed E-state index contributed by atoms with van der Waals surface area (Å²) in [5.41, 5.74) is 0.893. The molecule has 3 rings (SSSR count). The highest BCUT2D eigenvalue weighted by molar-refractivity contribution is 5.90. The molecule has 1 aromatic rings. The van der Waals surface area contributed by atoms with Crippen LogP contribution in [0.1, 0.15) is 6.92 Å². The van der Waals surface area contributed by atoms with Gasteiger partial charge >= 0.3 is 6.09 Å². The van der Waals surface area contributed by atoms with Gasteiger partial charge in [0.15, 0.2) is 6.10 Å². The number of amides is 2. The van der Waals surface area contributed by atoms with E-state index in [1.165, 1.54) is 17.9 Å². The van der Waals surface area contributed by atoms with Crippen molar-refractivity contribution >= 4 is 23.4 Å². The standard InChI is InChI=1S/C17H18FN3O4/c1-12(22)19-5-4-14-11-21(17(23)25-14)13-2-3-16(15(18)10-13)20-6-8-24-9-7-20/h2-3,10,14H,6-9,11H2,1H3,(H,19,22). The molecule has 2 aliphatic rings. The van der Waals surface area contributed by atoms with Crippen LogP contribution in [-0.2, 0) is 14.3 Å². The highest BCUT2D eigenvalue weighted by Crippen LogP contribution is 2.28. The second-order valence-corrected chi connectivity index (χ2v) is 5.67. The number of carbonyl (C=O) groups excluding carboxylic acids is 2. The van der Waals surface area contributed by atoms with Crippen LogP contribution in [0.2, 0.25) is 0 Å². The fraction of sp³-hybridized carbons (Fsp3) is 0.412. The lowest BCUT2D eigenvalue weighted by atomic mass is 10.2. The van der Waals surface area contributed by atoms with Gasteiger partial charge in [-0.25, -0.2) is 9.18 Å². The van der Waals surface area contributed by atoms with Crippen molar-refractivity contribution in [3.63, 3.8) is 0 Å². The summed E-state index contributed by atoms with van der Waals surface area (Å²) in [7, 11) is 0. The number of anilines is 2. The molecule has 132 valence electrons. The Labute approximate surface area is 144 Å². The van der Waals surface area contributed by atoms with Crippen molar-refractivity contribution in [1.29, 1.82) is 0 Å². The zero-order valence-corrected chi connectivity index (χ0v) is 13.8. The Kier molecular flexibility index (Phi) is 5.05. The van der Waals surface area contributed by atoms with Crippen LogP contribution in [0.3, 0.4) is 0 Å². The van der Waals surface area contributed by atoms with Crippen molar-refractivity contribution in [2.45, 2.75) is 13.0 Å². The van der Waals surface area contributed by atoms with Crippen molar-refractivity contribution in [3.05, 3.63) is 24.0 Å². The molecular weight excluding hydrogens is 329 g/mol. The Morgan fingerprint density at radius 1 is 1.36 bits per heavy atom. The van der Waals surface area contributed by atoms with Gasteiger partial charge in [0.2, 0.25) is 5.91 Å². The van der Waals surface area contributed by atoms with Crippen molar-refractivity contribution in [3.8, 4) is 12.0 Å². The van der Waals surface area contributed by atoms with Crippen LogP contribution in [0.25, 0.3) is 0 Å². The molecule has 0 bridgehead atoms. The lowest BCUT2D eigenvalue weighted by Gasteiger charge is -2.29. The predicted octanol–water partition coefficient (Wildman–Crippen LogP) is 1.08. The minimum atomic E-state index is -0.679. The fourth-order valence-electron chi connectivity index (χ4n) is 2.68. The predicted molar refractivity (Wildman–Crippen MR) is 88.6 cm³/mol. The van der Waals surface area contributed by atoms with Crippen molar-refractivity contribution in [2.75, 3.05) is 42.6 Å². The van der Waals surface area contributed by atoms with Gasteiger partial charge in [0.05, 0.1) is 31.1 Å². The molecule has 0 saturated carbocycles. The molecular formula is C17H18FN3O4. The van der Waals surface area contributed by atoms with Gasteiger partial charge in [-0.1, -0.05) is 0 Å². The van der Waals surface area contributed by atoms with Crippen molar-refractivity contribution in [1.82, 2.24) is 5.32 Å². The number of nitrogens with one attached hydrogen (secondary N) is 1. The quantitative estimate of drug-likeness (QED) is 0.640. The zero-order chi connectivity index (χ0) is 17.8. The molecule has 1 aromatic carbocycles. The Balaban J connectivity index is 1.71. The third-order valence-electron chi connectivity index (χ3n) is 3.88. The second-order valence-electron chi connectivity index (χ2n) is 5.67. The molecule has 1 N–H and O–H groups in total. The minimum absolute atomic E-state index is 0.168. The van der Waals surface area contributed by atoms with Crippen molar-refractivity contribution < 1.29 is 23.5 Å². The fourth-order valence-corrected chi connectivity index (χ4v) is 2.68. The Bertz CT molecular complexity index is 737. The molecule has 1 unspecified atom stereocenters. The van der Waals surface area contributed by atoms with E-state index in [9.17, 15) is 14.0 Å².